The minimum absolute atomic E-state index is 0.0266. The number of hydrogen-bond acceptors (Lipinski definition) is 5. The summed E-state index contributed by atoms with van der Waals surface area (Å²) in [6, 6.07) is 9.93. The van der Waals surface area contributed by atoms with Gasteiger partial charge in [-0.25, -0.2) is 9.48 Å². The molecule has 0 bridgehead atoms. The summed E-state index contributed by atoms with van der Waals surface area (Å²) in [5.74, 6) is 0. The first-order valence-electron chi connectivity index (χ1n) is 8.51. The Morgan fingerprint density at radius 3 is 2.72 bits per heavy atom. The molecule has 132 valence electrons. The van der Waals surface area contributed by atoms with E-state index in [1.54, 1.807) is 4.90 Å². The molecule has 1 unspecified atom stereocenters. The number of rotatable bonds is 1. The van der Waals surface area contributed by atoms with Crippen LogP contribution in [0.4, 0.5) is 4.79 Å². The zero-order valence-electron chi connectivity index (χ0n) is 14.7. The Bertz CT molecular complexity index is 781. The number of benzene rings is 1. The van der Waals surface area contributed by atoms with Gasteiger partial charge < -0.3 is 14.4 Å². The predicted molar refractivity (Wildman–Crippen MR) is 90.9 cm³/mol. The molecule has 7 nitrogen and oxygen atoms in total. The molecule has 1 saturated heterocycles. The second-order valence-corrected chi connectivity index (χ2v) is 7.50. The highest BCUT2D eigenvalue weighted by Crippen LogP contribution is 2.34. The fourth-order valence-corrected chi connectivity index (χ4v) is 3.35. The highest BCUT2D eigenvalue weighted by molar-refractivity contribution is 5.69. The third-order valence-corrected chi connectivity index (χ3v) is 4.48. The Balaban J connectivity index is 1.57. The van der Waals surface area contributed by atoms with Gasteiger partial charge in [0.15, 0.2) is 0 Å². The maximum atomic E-state index is 12.3. The van der Waals surface area contributed by atoms with E-state index in [0.29, 0.717) is 19.7 Å². The molecule has 4 rings (SSSR count). The minimum atomic E-state index is -0.509. The number of carbonyl (C=O) groups is 1. The first-order valence-corrected chi connectivity index (χ1v) is 8.51. The molecule has 2 aliphatic rings. The molecule has 3 heterocycles. The molecule has 1 fully saturated rings. The van der Waals surface area contributed by atoms with Crippen molar-refractivity contribution in [2.75, 3.05) is 13.1 Å². The Morgan fingerprint density at radius 2 is 2.00 bits per heavy atom. The zero-order valence-corrected chi connectivity index (χ0v) is 14.7. The Kier molecular flexibility index (Phi) is 3.76. The number of hydrogen-bond donors (Lipinski definition) is 0. The van der Waals surface area contributed by atoms with Gasteiger partial charge in [-0.1, -0.05) is 35.5 Å². The minimum Gasteiger partial charge on any atom is -0.444 e. The van der Waals surface area contributed by atoms with Crippen LogP contribution in [0.25, 0.3) is 11.3 Å². The van der Waals surface area contributed by atoms with Gasteiger partial charge in [-0.2, -0.15) is 0 Å². The van der Waals surface area contributed by atoms with E-state index in [9.17, 15) is 4.79 Å². The Hall–Kier alpha value is -2.41. The molecular formula is C18H22N4O3. The second kappa shape index (κ2) is 5.84. The summed E-state index contributed by atoms with van der Waals surface area (Å²) in [6.07, 6.45) is -0.388. The van der Waals surface area contributed by atoms with Crippen LogP contribution < -0.4 is 0 Å². The van der Waals surface area contributed by atoms with Crippen LogP contribution in [0.5, 0.6) is 0 Å². The van der Waals surface area contributed by atoms with Crippen molar-refractivity contribution in [3.63, 3.8) is 0 Å². The third-order valence-electron chi connectivity index (χ3n) is 4.48. The van der Waals surface area contributed by atoms with Gasteiger partial charge >= 0.3 is 6.09 Å². The number of fused-ring (bicyclic) bond motifs is 3. The largest absolute Gasteiger partial charge is 0.444 e. The quantitative estimate of drug-likeness (QED) is 0.797. The summed E-state index contributed by atoms with van der Waals surface area (Å²) >= 11 is 0. The highest BCUT2D eigenvalue weighted by Gasteiger charge is 2.43. The summed E-state index contributed by atoms with van der Waals surface area (Å²) in [6.45, 7) is 7.08. The summed E-state index contributed by atoms with van der Waals surface area (Å²) < 4.78 is 13.4. The van der Waals surface area contributed by atoms with Crippen molar-refractivity contribution >= 4 is 6.09 Å². The molecule has 1 aromatic heterocycles. The number of amides is 1. The molecule has 0 spiro atoms. The monoisotopic (exact) mass is 342 g/mol. The molecule has 2 aliphatic heterocycles. The molecule has 25 heavy (non-hydrogen) atoms. The summed E-state index contributed by atoms with van der Waals surface area (Å²) in [4.78, 5) is 14.0. The molecule has 1 amide bonds. The van der Waals surface area contributed by atoms with E-state index in [1.165, 1.54) is 0 Å². The molecule has 2 atom stereocenters. The summed E-state index contributed by atoms with van der Waals surface area (Å²) in [7, 11) is 0. The van der Waals surface area contributed by atoms with E-state index >= 15 is 0 Å². The Morgan fingerprint density at radius 1 is 1.24 bits per heavy atom. The summed E-state index contributed by atoms with van der Waals surface area (Å²) in [5.41, 5.74) is 2.31. The van der Waals surface area contributed by atoms with Crippen LogP contribution in [0, 0.1) is 0 Å². The van der Waals surface area contributed by atoms with Crippen molar-refractivity contribution < 1.29 is 14.3 Å². The lowest BCUT2D eigenvalue weighted by atomic mass is 10.1. The number of nitrogens with zero attached hydrogens (tertiary/aromatic N) is 4. The smallest absolute Gasteiger partial charge is 0.410 e. The maximum absolute atomic E-state index is 12.3. The van der Waals surface area contributed by atoms with Crippen molar-refractivity contribution in [1.29, 1.82) is 0 Å². The van der Waals surface area contributed by atoms with Crippen molar-refractivity contribution in [1.82, 2.24) is 19.9 Å². The van der Waals surface area contributed by atoms with E-state index in [1.807, 2.05) is 55.8 Å². The van der Waals surface area contributed by atoms with Crippen LogP contribution in [-0.2, 0) is 16.1 Å². The van der Waals surface area contributed by atoms with E-state index in [4.69, 9.17) is 9.47 Å². The number of ether oxygens (including phenoxy) is 2. The van der Waals surface area contributed by atoms with Crippen LogP contribution in [0.3, 0.4) is 0 Å². The van der Waals surface area contributed by atoms with Gasteiger partial charge in [0.1, 0.15) is 11.3 Å². The second-order valence-electron chi connectivity index (χ2n) is 7.50. The SMILES string of the molecule is CC(C)(C)OC(=O)N1CC2OCc3c(-c4ccccc4)nnn3[C@H]2C1. The Labute approximate surface area is 146 Å². The fourth-order valence-electron chi connectivity index (χ4n) is 3.35. The molecule has 0 N–H and O–H groups in total. The highest BCUT2D eigenvalue weighted by atomic mass is 16.6. The van der Waals surface area contributed by atoms with Crippen LogP contribution in [0.1, 0.15) is 32.5 Å². The van der Waals surface area contributed by atoms with Crippen molar-refractivity contribution in [3.05, 3.63) is 36.0 Å². The van der Waals surface area contributed by atoms with Crippen molar-refractivity contribution in [2.24, 2.45) is 0 Å². The lowest BCUT2D eigenvalue weighted by Crippen LogP contribution is -2.36. The standard InChI is InChI=1S/C18H22N4O3/c1-18(2,3)25-17(23)21-9-13-15(10-21)24-11-14-16(19-20-22(13)14)12-7-5-4-6-8-12/h4-8,13,15H,9-11H2,1-3H3/t13-,15?/m0/s1. The van der Waals surface area contributed by atoms with Gasteiger partial charge in [-0.3, -0.25) is 0 Å². The summed E-state index contributed by atoms with van der Waals surface area (Å²) in [5, 5.41) is 8.71. The van der Waals surface area contributed by atoms with Gasteiger partial charge in [0.2, 0.25) is 0 Å². The fraction of sp³-hybridized carbons (Fsp3) is 0.500. The molecule has 0 aliphatic carbocycles. The van der Waals surface area contributed by atoms with Crippen LogP contribution in [-0.4, -0.2) is 50.8 Å². The van der Waals surface area contributed by atoms with Gasteiger partial charge in [-0.05, 0) is 20.8 Å². The number of likely N-dealkylation sites (tertiary alicyclic amines) is 1. The van der Waals surface area contributed by atoms with Gasteiger partial charge in [0, 0.05) is 12.1 Å². The first kappa shape index (κ1) is 16.1. The molecule has 0 radical (unpaired) electrons. The topological polar surface area (TPSA) is 69.5 Å². The van der Waals surface area contributed by atoms with Crippen molar-refractivity contribution in [3.8, 4) is 11.3 Å². The predicted octanol–water partition coefficient (Wildman–Crippen LogP) is 2.64. The number of carbonyl (C=O) groups excluding carboxylic acids is 1. The van der Waals surface area contributed by atoms with Gasteiger partial charge in [0.25, 0.3) is 0 Å². The lowest BCUT2D eigenvalue weighted by molar-refractivity contribution is -0.00718. The zero-order chi connectivity index (χ0) is 17.6. The van der Waals surface area contributed by atoms with Crippen molar-refractivity contribution in [2.45, 2.75) is 45.1 Å². The lowest BCUT2D eigenvalue weighted by Gasteiger charge is -2.26. The molecule has 1 aromatic carbocycles. The van der Waals surface area contributed by atoms with Crippen LogP contribution in [0.2, 0.25) is 0 Å². The molecule has 2 aromatic rings. The first-order chi connectivity index (χ1) is 11.9. The maximum Gasteiger partial charge on any atom is 0.410 e. The van der Waals surface area contributed by atoms with Gasteiger partial charge in [-0.15, -0.1) is 5.10 Å². The number of aromatic nitrogens is 3. The van der Waals surface area contributed by atoms with E-state index < -0.39 is 5.60 Å². The normalized spacial score (nSPS) is 22.4. The van der Waals surface area contributed by atoms with Crippen LogP contribution >= 0.6 is 0 Å². The van der Waals surface area contributed by atoms with Gasteiger partial charge in [0.05, 0.1) is 31.0 Å². The average Bonchev–Trinajstić information content (AvgIpc) is 3.17. The van der Waals surface area contributed by atoms with E-state index in [-0.39, 0.29) is 18.2 Å². The van der Waals surface area contributed by atoms with E-state index in [0.717, 1.165) is 17.0 Å². The molecule has 7 heteroatoms. The third kappa shape index (κ3) is 3.00. The molecular weight excluding hydrogens is 320 g/mol. The van der Waals surface area contributed by atoms with Crippen LogP contribution in [0.15, 0.2) is 30.3 Å². The average molecular weight is 342 g/mol. The van der Waals surface area contributed by atoms with E-state index in [2.05, 4.69) is 10.3 Å². The molecule has 0 saturated carbocycles.